The summed E-state index contributed by atoms with van der Waals surface area (Å²) in [5, 5.41) is 11.3. The first-order valence-electron chi connectivity index (χ1n) is 8.28. The van der Waals surface area contributed by atoms with Crippen LogP contribution >= 0.6 is 0 Å². The van der Waals surface area contributed by atoms with Crippen LogP contribution in [0, 0.1) is 5.92 Å². The van der Waals surface area contributed by atoms with Gasteiger partial charge in [0.25, 0.3) is 0 Å². The summed E-state index contributed by atoms with van der Waals surface area (Å²) in [4.78, 5) is 23.1. The molecule has 0 radical (unpaired) electrons. The molecular formula is C17H26N2O6S. The number of amides is 1. The van der Waals surface area contributed by atoms with Crippen molar-refractivity contribution < 1.29 is 27.9 Å². The maximum Gasteiger partial charge on any atom is 0.326 e. The minimum atomic E-state index is -3.97. The number of rotatable bonds is 10. The zero-order chi connectivity index (χ0) is 19.9. The molecule has 0 saturated carbocycles. The molecule has 0 unspecified atom stereocenters. The Labute approximate surface area is 154 Å². The molecule has 0 heterocycles. The van der Waals surface area contributed by atoms with Crippen LogP contribution in [0.2, 0.25) is 0 Å². The van der Waals surface area contributed by atoms with Crippen molar-refractivity contribution in [3.63, 3.8) is 0 Å². The van der Waals surface area contributed by atoms with Crippen molar-refractivity contribution in [3.8, 4) is 5.75 Å². The van der Waals surface area contributed by atoms with Crippen LogP contribution < -0.4 is 14.8 Å². The number of nitrogens with one attached hydrogen (secondary N) is 2. The highest BCUT2D eigenvalue weighted by Crippen LogP contribution is 2.18. The number of hydrogen-bond donors (Lipinski definition) is 3. The van der Waals surface area contributed by atoms with E-state index in [1.54, 1.807) is 12.1 Å². The predicted molar refractivity (Wildman–Crippen MR) is 98.6 cm³/mol. The molecule has 8 nitrogen and oxygen atoms in total. The molecule has 0 spiro atoms. The molecule has 0 aliphatic carbocycles. The van der Waals surface area contributed by atoms with Crippen molar-refractivity contribution in [2.75, 3.05) is 10.5 Å². The number of anilines is 1. The minimum absolute atomic E-state index is 0.00532. The van der Waals surface area contributed by atoms with E-state index in [0.717, 1.165) is 0 Å². The number of carboxylic acids is 1. The molecule has 3 N–H and O–H groups in total. The van der Waals surface area contributed by atoms with Gasteiger partial charge < -0.3 is 15.2 Å². The van der Waals surface area contributed by atoms with Crippen LogP contribution in [0.5, 0.6) is 5.75 Å². The second kappa shape index (κ2) is 9.42. The summed E-state index contributed by atoms with van der Waals surface area (Å²) in [5.74, 6) is -2.29. The number of carboxylic acid groups (broad SMARTS) is 1. The first-order valence-corrected chi connectivity index (χ1v) is 9.93. The number of carbonyl (C=O) groups is 2. The monoisotopic (exact) mass is 386 g/mol. The number of hydrogen-bond acceptors (Lipinski definition) is 5. The topological polar surface area (TPSA) is 122 Å². The Morgan fingerprint density at radius 1 is 1.12 bits per heavy atom. The normalized spacial score (nSPS) is 12.7. The van der Waals surface area contributed by atoms with Gasteiger partial charge in [-0.3, -0.25) is 9.52 Å². The molecular weight excluding hydrogens is 360 g/mol. The third kappa shape index (κ3) is 8.19. The first kappa shape index (κ1) is 21.8. The summed E-state index contributed by atoms with van der Waals surface area (Å²) in [5.41, 5.74) is 0.283. The summed E-state index contributed by atoms with van der Waals surface area (Å²) in [7, 11) is -3.97. The van der Waals surface area contributed by atoms with E-state index in [9.17, 15) is 18.0 Å². The second-order valence-electron chi connectivity index (χ2n) is 6.64. The van der Waals surface area contributed by atoms with Crippen LogP contribution in [0.1, 0.15) is 34.1 Å². The average molecular weight is 386 g/mol. The third-order valence-electron chi connectivity index (χ3n) is 3.16. The number of ether oxygens (including phenoxy) is 1. The number of carbonyl (C=O) groups excluding carboxylic acids is 1. The lowest BCUT2D eigenvalue weighted by atomic mass is 10.0. The molecule has 26 heavy (non-hydrogen) atoms. The van der Waals surface area contributed by atoms with Gasteiger partial charge in [0.05, 0.1) is 6.10 Å². The highest BCUT2D eigenvalue weighted by molar-refractivity contribution is 7.93. The van der Waals surface area contributed by atoms with Crippen LogP contribution in [0.3, 0.4) is 0 Å². The molecule has 9 heteroatoms. The molecule has 0 aliphatic heterocycles. The molecule has 1 amide bonds. The molecule has 0 aliphatic rings. The van der Waals surface area contributed by atoms with E-state index < -0.39 is 33.7 Å². The zero-order valence-electron chi connectivity index (χ0n) is 15.4. The smallest absolute Gasteiger partial charge is 0.326 e. The Balaban J connectivity index is 2.67. The van der Waals surface area contributed by atoms with Gasteiger partial charge in [0.2, 0.25) is 15.9 Å². The van der Waals surface area contributed by atoms with E-state index in [2.05, 4.69) is 10.0 Å². The highest BCUT2D eigenvalue weighted by Gasteiger charge is 2.24. The van der Waals surface area contributed by atoms with Crippen LogP contribution in [0.15, 0.2) is 24.3 Å². The molecule has 1 rings (SSSR count). The van der Waals surface area contributed by atoms with Gasteiger partial charge in [-0.25, -0.2) is 13.2 Å². The quantitative estimate of drug-likeness (QED) is 0.564. The largest absolute Gasteiger partial charge is 0.491 e. The summed E-state index contributed by atoms with van der Waals surface area (Å²) < 4.78 is 31.9. The van der Waals surface area contributed by atoms with Crippen LogP contribution in [0.25, 0.3) is 0 Å². The van der Waals surface area contributed by atoms with Crippen LogP contribution in [0.4, 0.5) is 5.69 Å². The average Bonchev–Trinajstić information content (AvgIpc) is 2.46. The molecule has 0 saturated heterocycles. The van der Waals surface area contributed by atoms with Crippen molar-refractivity contribution in [2.24, 2.45) is 5.92 Å². The molecule has 1 atom stereocenters. The van der Waals surface area contributed by atoms with E-state index in [1.807, 2.05) is 27.7 Å². The van der Waals surface area contributed by atoms with Crippen LogP contribution in [-0.2, 0) is 19.6 Å². The van der Waals surface area contributed by atoms with Gasteiger partial charge in [-0.1, -0.05) is 13.8 Å². The van der Waals surface area contributed by atoms with Crippen molar-refractivity contribution in [1.29, 1.82) is 0 Å². The molecule has 0 fully saturated rings. The van der Waals surface area contributed by atoms with E-state index in [4.69, 9.17) is 9.84 Å². The molecule has 146 valence electrons. The fourth-order valence-electron chi connectivity index (χ4n) is 2.19. The van der Waals surface area contributed by atoms with Gasteiger partial charge in [0.1, 0.15) is 17.5 Å². The second-order valence-corrected chi connectivity index (χ2v) is 8.36. The molecule has 0 bridgehead atoms. The zero-order valence-corrected chi connectivity index (χ0v) is 16.2. The fraction of sp³-hybridized carbons (Fsp3) is 0.529. The summed E-state index contributed by atoms with van der Waals surface area (Å²) in [6, 6.07) is 5.14. The molecule has 0 aromatic heterocycles. The van der Waals surface area contributed by atoms with E-state index in [-0.39, 0.29) is 24.1 Å². The van der Waals surface area contributed by atoms with Gasteiger partial charge >= 0.3 is 5.97 Å². The molecule has 1 aromatic carbocycles. The van der Waals surface area contributed by atoms with Crippen molar-refractivity contribution in [2.45, 2.75) is 46.3 Å². The lowest BCUT2D eigenvalue weighted by Gasteiger charge is -2.16. The number of sulfonamides is 1. The van der Waals surface area contributed by atoms with E-state index in [0.29, 0.717) is 5.75 Å². The maximum absolute atomic E-state index is 12.1. The number of benzene rings is 1. The summed E-state index contributed by atoms with van der Waals surface area (Å²) in [6.07, 6.45) is 0.209. The predicted octanol–water partition coefficient (Wildman–Crippen LogP) is 1.83. The summed E-state index contributed by atoms with van der Waals surface area (Å²) >= 11 is 0. The van der Waals surface area contributed by atoms with Crippen molar-refractivity contribution in [1.82, 2.24) is 5.32 Å². The van der Waals surface area contributed by atoms with E-state index >= 15 is 0 Å². The third-order valence-corrected chi connectivity index (χ3v) is 4.35. The van der Waals surface area contributed by atoms with Gasteiger partial charge in [0, 0.05) is 5.69 Å². The maximum atomic E-state index is 12.1. The van der Waals surface area contributed by atoms with Gasteiger partial charge in [-0.15, -0.1) is 0 Å². The summed E-state index contributed by atoms with van der Waals surface area (Å²) in [6.45, 7) is 7.37. The van der Waals surface area contributed by atoms with E-state index in [1.165, 1.54) is 12.1 Å². The lowest BCUT2D eigenvalue weighted by molar-refractivity contribution is -0.141. The first-order chi connectivity index (χ1) is 12.0. The Morgan fingerprint density at radius 2 is 1.69 bits per heavy atom. The van der Waals surface area contributed by atoms with Gasteiger partial charge in [-0.05, 0) is 50.5 Å². The Hall–Kier alpha value is -2.29. The minimum Gasteiger partial charge on any atom is -0.491 e. The van der Waals surface area contributed by atoms with Gasteiger partial charge in [0.15, 0.2) is 0 Å². The Bertz CT molecular complexity index is 713. The standard InChI is InChI=1S/C17H26N2O6S/c1-11(2)9-15(17(21)22)18-16(20)10-26(23,24)19-13-5-7-14(8-6-13)25-12(3)4/h5-8,11-12,15,19H,9-10H2,1-4H3,(H,18,20)(H,21,22)/t15-/m0/s1. The van der Waals surface area contributed by atoms with Crippen LogP contribution in [-0.4, -0.2) is 43.3 Å². The number of aliphatic carboxylic acids is 1. The Kier molecular flexibility index (Phi) is 7.88. The van der Waals surface area contributed by atoms with Crippen molar-refractivity contribution >= 4 is 27.6 Å². The lowest BCUT2D eigenvalue weighted by Crippen LogP contribution is -2.44. The van der Waals surface area contributed by atoms with Crippen molar-refractivity contribution in [3.05, 3.63) is 24.3 Å². The Morgan fingerprint density at radius 3 is 2.15 bits per heavy atom. The fourth-order valence-corrected chi connectivity index (χ4v) is 3.19. The molecule has 1 aromatic rings. The SMILES string of the molecule is CC(C)C[C@H](NC(=O)CS(=O)(=O)Nc1ccc(OC(C)C)cc1)C(=O)O. The van der Waals surface area contributed by atoms with Gasteiger partial charge in [-0.2, -0.15) is 0 Å². The highest BCUT2D eigenvalue weighted by atomic mass is 32.2.